The van der Waals surface area contributed by atoms with Crippen molar-refractivity contribution in [3.8, 4) is 0 Å². The van der Waals surface area contributed by atoms with E-state index in [0.29, 0.717) is 35.3 Å². The molecule has 4 nitrogen and oxygen atoms in total. The Hall–Kier alpha value is -2.17. The molecule has 4 heteroatoms. The highest BCUT2D eigenvalue weighted by Gasteiger charge is 2.58. The van der Waals surface area contributed by atoms with Crippen LogP contribution >= 0.6 is 0 Å². The maximum Gasteiger partial charge on any atom is 0.253 e. The second-order valence-corrected chi connectivity index (χ2v) is 11.6. The van der Waals surface area contributed by atoms with Crippen LogP contribution in [0.5, 0.6) is 0 Å². The van der Waals surface area contributed by atoms with Gasteiger partial charge in [0.05, 0.1) is 0 Å². The van der Waals surface area contributed by atoms with E-state index in [1.165, 1.54) is 30.4 Å². The molecule has 2 aliphatic rings. The van der Waals surface area contributed by atoms with Gasteiger partial charge in [-0.3, -0.25) is 4.79 Å². The molecule has 36 heavy (non-hydrogen) atoms. The zero-order valence-corrected chi connectivity index (χ0v) is 22.9. The molecule has 1 amide bonds. The number of unbranched alkanes of at least 4 members (excludes halogenated alkanes) is 1. The molecular weight excluding hydrogens is 442 g/mol. The average molecular weight is 490 g/mol. The van der Waals surface area contributed by atoms with Crippen LogP contribution in [0.2, 0.25) is 0 Å². The summed E-state index contributed by atoms with van der Waals surface area (Å²) in [5.74, 6) is 1.87. The van der Waals surface area contributed by atoms with Crippen molar-refractivity contribution in [3.63, 3.8) is 0 Å². The number of nitrogens with two attached hydrogens (primary N) is 1. The van der Waals surface area contributed by atoms with Gasteiger partial charge in [0, 0.05) is 24.7 Å². The van der Waals surface area contributed by atoms with Gasteiger partial charge in [0.2, 0.25) is 0 Å². The average Bonchev–Trinajstić information content (AvgIpc) is 3.17. The first-order valence-electron chi connectivity index (χ1n) is 14.2. The minimum Gasteiger partial charge on any atom is -0.338 e. The Morgan fingerprint density at radius 3 is 2.47 bits per heavy atom. The molecule has 2 aliphatic carbocycles. The molecule has 0 radical (unpaired) electrons. The quantitative estimate of drug-likeness (QED) is 0.390. The van der Waals surface area contributed by atoms with Crippen molar-refractivity contribution in [2.75, 3.05) is 20.1 Å². The minimum absolute atomic E-state index is 0.165. The van der Waals surface area contributed by atoms with Crippen LogP contribution in [-0.4, -0.2) is 43.0 Å². The number of amides is 1. The fourth-order valence-electron chi connectivity index (χ4n) is 7.79. The molecule has 2 fully saturated rings. The van der Waals surface area contributed by atoms with Gasteiger partial charge in [-0.15, -0.1) is 0 Å². The van der Waals surface area contributed by atoms with Crippen LogP contribution < -0.4 is 11.1 Å². The number of hydrogen-bond donors (Lipinski definition) is 2. The van der Waals surface area contributed by atoms with E-state index in [9.17, 15) is 4.79 Å². The molecule has 4 rings (SSSR count). The Morgan fingerprint density at radius 1 is 1.06 bits per heavy atom. The van der Waals surface area contributed by atoms with Crippen LogP contribution in [0.15, 0.2) is 54.6 Å². The van der Waals surface area contributed by atoms with Gasteiger partial charge in [0.25, 0.3) is 5.91 Å². The van der Waals surface area contributed by atoms with E-state index < -0.39 is 0 Å². The number of rotatable bonds is 11. The van der Waals surface area contributed by atoms with Gasteiger partial charge in [-0.2, -0.15) is 0 Å². The second kappa shape index (κ2) is 11.9. The molecule has 2 aromatic carbocycles. The molecule has 2 bridgehead atoms. The number of benzene rings is 2. The third-order valence-electron chi connectivity index (χ3n) is 9.67. The summed E-state index contributed by atoms with van der Waals surface area (Å²) >= 11 is 0. The predicted molar refractivity (Wildman–Crippen MR) is 150 cm³/mol. The Morgan fingerprint density at radius 2 is 1.75 bits per heavy atom. The number of nitrogens with zero attached hydrogens (tertiary/aromatic N) is 1. The van der Waals surface area contributed by atoms with Crippen LogP contribution in [0.25, 0.3) is 0 Å². The van der Waals surface area contributed by atoms with Gasteiger partial charge < -0.3 is 16.0 Å². The van der Waals surface area contributed by atoms with E-state index in [1.54, 1.807) is 0 Å². The molecule has 6 unspecified atom stereocenters. The summed E-state index contributed by atoms with van der Waals surface area (Å²) < 4.78 is 0. The van der Waals surface area contributed by atoms with Gasteiger partial charge in [-0.25, -0.2) is 0 Å². The highest BCUT2D eigenvalue weighted by atomic mass is 16.2. The zero-order valence-electron chi connectivity index (χ0n) is 22.9. The SMILES string of the molecule is Cc1ccccc1CC(C)C1C2CCC1(C(C)NCCCCN)CCC2N(C)C(=O)c1ccccc1. The minimum atomic E-state index is 0.165. The number of aryl methyl sites for hydroxylation is 1. The van der Waals surface area contributed by atoms with Crippen molar-refractivity contribution in [3.05, 3.63) is 71.3 Å². The Balaban J connectivity index is 1.59. The molecule has 0 spiro atoms. The van der Waals surface area contributed by atoms with E-state index in [-0.39, 0.29) is 5.91 Å². The fourth-order valence-corrected chi connectivity index (χ4v) is 7.79. The largest absolute Gasteiger partial charge is 0.338 e. The predicted octanol–water partition coefficient (Wildman–Crippen LogP) is 5.84. The third kappa shape index (κ3) is 5.40. The summed E-state index contributed by atoms with van der Waals surface area (Å²) in [6.07, 6.45) is 8.09. The molecule has 196 valence electrons. The van der Waals surface area contributed by atoms with Crippen LogP contribution in [-0.2, 0) is 6.42 Å². The zero-order chi connectivity index (χ0) is 25.7. The first-order chi connectivity index (χ1) is 17.4. The first kappa shape index (κ1) is 26.9. The molecule has 0 aromatic heterocycles. The number of hydrogen-bond acceptors (Lipinski definition) is 3. The number of nitrogens with one attached hydrogen (secondary N) is 1. The van der Waals surface area contributed by atoms with Crippen molar-refractivity contribution in [2.45, 2.75) is 77.8 Å². The van der Waals surface area contributed by atoms with E-state index in [2.05, 4.69) is 55.3 Å². The van der Waals surface area contributed by atoms with Gasteiger partial charge in [0.1, 0.15) is 0 Å². The lowest BCUT2D eigenvalue weighted by Crippen LogP contribution is -2.56. The molecular formula is C32H47N3O. The number of carbonyl (C=O) groups is 1. The van der Waals surface area contributed by atoms with Gasteiger partial charge in [0.15, 0.2) is 0 Å². The summed E-state index contributed by atoms with van der Waals surface area (Å²) in [5.41, 5.74) is 9.70. The van der Waals surface area contributed by atoms with Crippen LogP contribution in [0.3, 0.4) is 0 Å². The lowest BCUT2D eigenvalue weighted by molar-refractivity contribution is -0.0118. The number of carbonyl (C=O) groups excluding carboxylic acids is 1. The van der Waals surface area contributed by atoms with Crippen molar-refractivity contribution in [1.82, 2.24) is 10.2 Å². The van der Waals surface area contributed by atoms with Gasteiger partial charge >= 0.3 is 0 Å². The second-order valence-electron chi connectivity index (χ2n) is 11.6. The Bertz CT molecular complexity index is 992. The standard InChI is InChI=1S/C32H47N3O/c1-23-12-8-9-15-27(23)22-24(2)30-28-16-18-32(30,25(3)34-21-11-10-20-33)19-17-29(28)35(4)31(36)26-13-6-5-7-14-26/h5-9,12-15,24-25,28-30,34H,10-11,16-22,33H2,1-4H3. The highest BCUT2D eigenvalue weighted by Crippen LogP contribution is 2.61. The molecule has 2 aromatic rings. The van der Waals surface area contributed by atoms with Gasteiger partial charge in [-0.1, -0.05) is 49.4 Å². The van der Waals surface area contributed by atoms with E-state index in [1.807, 2.05) is 37.4 Å². The summed E-state index contributed by atoms with van der Waals surface area (Å²) in [6.45, 7) is 8.95. The van der Waals surface area contributed by atoms with E-state index in [0.717, 1.165) is 44.3 Å². The fraction of sp³-hybridized carbons (Fsp3) is 0.594. The summed E-state index contributed by atoms with van der Waals surface area (Å²) in [4.78, 5) is 15.5. The Kier molecular flexibility index (Phi) is 8.90. The molecule has 0 saturated heterocycles. The van der Waals surface area contributed by atoms with Crippen LogP contribution in [0.4, 0.5) is 0 Å². The molecule has 2 saturated carbocycles. The van der Waals surface area contributed by atoms with Crippen LogP contribution in [0, 0.1) is 30.1 Å². The third-order valence-corrected chi connectivity index (χ3v) is 9.67. The highest BCUT2D eigenvalue weighted by molar-refractivity contribution is 5.94. The van der Waals surface area contributed by atoms with Crippen molar-refractivity contribution >= 4 is 5.91 Å². The Labute approximate surface area is 219 Å². The summed E-state index contributed by atoms with van der Waals surface area (Å²) in [7, 11) is 2.04. The number of fused-ring (bicyclic) bond motifs is 2. The smallest absolute Gasteiger partial charge is 0.253 e. The van der Waals surface area contributed by atoms with E-state index >= 15 is 0 Å². The topological polar surface area (TPSA) is 58.4 Å². The summed E-state index contributed by atoms with van der Waals surface area (Å²) in [6, 6.07) is 19.5. The van der Waals surface area contributed by atoms with Crippen molar-refractivity contribution in [1.29, 1.82) is 0 Å². The van der Waals surface area contributed by atoms with Gasteiger partial charge in [-0.05, 0) is 118 Å². The molecule has 0 aliphatic heterocycles. The normalized spacial score (nSPS) is 27.0. The first-order valence-corrected chi connectivity index (χ1v) is 14.2. The monoisotopic (exact) mass is 489 g/mol. The molecule has 0 heterocycles. The van der Waals surface area contributed by atoms with Crippen LogP contribution in [0.1, 0.15) is 73.9 Å². The van der Waals surface area contributed by atoms with E-state index in [4.69, 9.17) is 5.73 Å². The molecule has 3 N–H and O–H groups in total. The summed E-state index contributed by atoms with van der Waals surface area (Å²) in [5, 5.41) is 3.92. The maximum atomic E-state index is 13.5. The molecule has 6 atom stereocenters. The maximum absolute atomic E-state index is 13.5. The lowest BCUT2D eigenvalue weighted by Gasteiger charge is -2.52. The lowest BCUT2D eigenvalue weighted by atomic mass is 9.57. The van der Waals surface area contributed by atoms with Crippen molar-refractivity contribution < 1.29 is 4.79 Å². The van der Waals surface area contributed by atoms with Crippen molar-refractivity contribution in [2.24, 2.45) is 28.9 Å².